The number of carbonyl (C=O) groups is 1. The highest BCUT2D eigenvalue weighted by molar-refractivity contribution is 7.89. The van der Waals surface area contributed by atoms with Crippen molar-refractivity contribution in [1.82, 2.24) is 4.72 Å². The molecule has 1 amide bonds. The summed E-state index contributed by atoms with van der Waals surface area (Å²) in [6, 6.07) is 4.58. The van der Waals surface area contributed by atoms with Crippen LogP contribution in [0.5, 0.6) is 0 Å². The molecule has 5 nitrogen and oxygen atoms in total. The van der Waals surface area contributed by atoms with Gasteiger partial charge in [0, 0.05) is 6.04 Å². The van der Waals surface area contributed by atoms with Crippen LogP contribution in [0.2, 0.25) is 0 Å². The van der Waals surface area contributed by atoms with Gasteiger partial charge < -0.3 is 5.73 Å². The molecule has 2 rings (SSSR count). The third-order valence-corrected chi connectivity index (χ3v) is 5.09. The summed E-state index contributed by atoms with van der Waals surface area (Å²) < 4.78 is 40.4. The maximum Gasteiger partial charge on any atom is 0.243 e. The van der Waals surface area contributed by atoms with Gasteiger partial charge in [-0.1, -0.05) is 25.0 Å². The van der Waals surface area contributed by atoms with Crippen molar-refractivity contribution in [3.63, 3.8) is 0 Å². The largest absolute Gasteiger partial charge is 0.369 e. The summed E-state index contributed by atoms with van der Waals surface area (Å²) in [6.45, 7) is 0. The molecule has 20 heavy (non-hydrogen) atoms. The Labute approximate surface area is 117 Å². The lowest BCUT2D eigenvalue weighted by Gasteiger charge is -2.29. The van der Waals surface area contributed by atoms with Crippen molar-refractivity contribution in [2.45, 2.75) is 36.6 Å². The molecule has 0 heterocycles. The molecule has 0 bridgehead atoms. The number of benzene rings is 1. The first kappa shape index (κ1) is 14.9. The van der Waals surface area contributed by atoms with E-state index >= 15 is 0 Å². The van der Waals surface area contributed by atoms with Crippen LogP contribution in [0.15, 0.2) is 29.2 Å². The molecule has 0 aromatic heterocycles. The molecule has 1 aliphatic rings. The van der Waals surface area contributed by atoms with E-state index in [2.05, 4.69) is 4.72 Å². The molecule has 3 N–H and O–H groups in total. The Morgan fingerprint density at radius 3 is 2.55 bits per heavy atom. The first-order chi connectivity index (χ1) is 9.42. The van der Waals surface area contributed by atoms with Gasteiger partial charge in [-0.3, -0.25) is 4.79 Å². The topological polar surface area (TPSA) is 89.3 Å². The van der Waals surface area contributed by atoms with Crippen LogP contribution in [0.3, 0.4) is 0 Å². The van der Waals surface area contributed by atoms with E-state index < -0.39 is 38.6 Å². The third kappa shape index (κ3) is 3.16. The highest BCUT2D eigenvalue weighted by Gasteiger charge is 2.33. The molecular formula is C13H17FN2O3S. The Kier molecular flexibility index (Phi) is 4.39. The number of carbonyl (C=O) groups excluding carboxylic acids is 1. The summed E-state index contributed by atoms with van der Waals surface area (Å²) in [6.07, 6.45) is 2.74. The second-order valence-electron chi connectivity index (χ2n) is 4.95. The Bertz CT molecular complexity index is 603. The molecule has 110 valence electrons. The van der Waals surface area contributed by atoms with E-state index in [1.165, 1.54) is 18.2 Å². The van der Waals surface area contributed by atoms with Gasteiger partial charge in [0.15, 0.2) is 0 Å². The average molecular weight is 300 g/mol. The predicted octanol–water partition coefficient (Wildman–Crippen LogP) is 1.15. The molecule has 1 aromatic carbocycles. The van der Waals surface area contributed by atoms with E-state index in [1.807, 2.05) is 0 Å². The molecule has 0 radical (unpaired) electrons. The van der Waals surface area contributed by atoms with Crippen molar-refractivity contribution in [3.05, 3.63) is 30.1 Å². The fourth-order valence-electron chi connectivity index (χ4n) is 2.54. The Morgan fingerprint density at radius 1 is 1.25 bits per heavy atom. The van der Waals surface area contributed by atoms with Crippen LogP contribution in [0.25, 0.3) is 0 Å². The van der Waals surface area contributed by atoms with Crippen LogP contribution in [-0.2, 0) is 14.8 Å². The first-order valence-corrected chi connectivity index (χ1v) is 7.96. The van der Waals surface area contributed by atoms with Crippen molar-refractivity contribution in [3.8, 4) is 0 Å². The number of nitrogens with one attached hydrogen (secondary N) is 1. The number of nitrogens with two attached hydrogens (primary N) is 1. The summed E-state index contributed by atoms with van der Waals surface area (Å²) in [4.78, 5) is 11.0. The lowest BCUT2D eigenvalue weighted by atomic mass is 9.85. The van der Waals surface area contributed by atoms with Gasteiger partial charge in [0.1, 0.15) is 10.7 Å². The van der Waals surface area contributed by atoms with Crippen LogP contribution in [0.1, 0.15) is 25.7 Å². The molecule has 1 aliphatic carbocycles. The fourth-order valence-corrected chi connectivity index (χ4v) is 3.93. The molecular weight excluding hydrogens is 283 g/mol. The minimum Gasteiger partial charge on any atom is -0.369 e. The first-order valence-electron chi connectivity index (χ1n) is 6.48. The van der Waals surface area contributed by atoms with Crippen molar-refractivity contribution in [1.29, 1.82) is 0 Å². The van der Waals surface area contributed by atoms with E-state index in [-0.39, 0.29) is 0 Å². The lowest BCUT2D eigenvalue weighted by Crippen LogP contribution is -2.47. The summed E-state index contributed by atoms with van der Waals surface area (Å²) in [5, 5.41) is 0. The van der Waals surface area contributed by atoms with Gasteiger partial charge in [-0.25, -0.2) is 17.5 Å². The van der Waals surface area contributed by atoms with Crippen LogP contribution in [-0.4, -0.2) is 20.4 Å². The summed E-state index contributed by atoms with van der Waals surface area (Å²) in [5.74, 6) is -1.87. The van der Waals surface area contributed by atoms with Crippen LogP contribution in [0.4, 0.5) is 4.39 Å². The number of primary amides is 1. The maximum atomic E-state index is 13.6. The van der Waals surface area contributed by atoms with E-state index in [0.717, 1.165) is 18.9 Å². The minimum atomic E-state index is -3.99. The Hall–Kier alpha value is -1.47. The van der Waals surface area contributed by atoms with E-state index in [9.17, 15) is 17.6 Å². The van der Waals surface area contributed by atoms with Crippen molar-refractivity contribution in [2.75, 3.05) is 0 Å². The molecule has 0 spiro atoms. The zero-order valence-electron chi connectivity index (χ0n) is 10.9. The van der Waals surface area contributed by atoms with Crippen LogP contribution < -0.4 is 10.5 Å². The Balaban J connectivity index is 2.23. The number of rotatable bonds is 4. The zero-order valence-corrected chi connectivity index (χ0v) is 11.7. The van der Waals surface area contributed by atoms with Crippen molar-refractivity contribution in [2.24, 2.45) is 11.7 Å². The van der Waals surface area contributed by atoms with Crippen molar-refractivity contribution < 1.29 is 17.6 Å². The second-order valence-corrected chi connectivity index (χ2v) is 6.63. The molecule has 0 saturated heterocycles. The minimum absolute atomic E-state index is 0.409. The molecule has 0 aliphatic heterocycles. The monoisotopic (exact) mass is 300 g/mol. The quantitative estimate of drug-likeness (QED) is 0.874. The summed E-state index contributed by atoms with van der Waals surface area (Å²) in [5.41, 5.74) is 5.30. The molecule has 1 saturated carbocycles. The smallest absolute Gasteiger partial charge is 0.243 e. The normalized spacial score (nSPS) is 23.4. The number of halogens is 1. The van der Waals surface area contributed by atoms with E-state index in [0.29, 0.717) is 12.8 Å². The molecule has 7 heteroatoms. The van der Waals surface area contributed by atoms with Crippen LogP contribution >= 0.6 is 0 Å². The number of sulfonamides is 1. The fraction of sp³-hybridized carbons (Fsp3) is 0.462. The molecule has 2 unspecified atom stereocenters. The number of hydrogen-bond donors (Lipinski definition) is 2. The predicted molar refractivity (Wildman–Crippen MR) is 71.7 cm³/mol. The summed E-state index contributed by atoms with van der Waals surface area (Å²) in [7, 11) is -3.99. The van der Waals surface area contributed by atoms with Gasteiger partial charge in [0.05, 0.1) is 5.92 Å². The van der Waals surface area contributed by atoms with Crippen LogP contribution in [0, 0.1) is 11.7 Å². The molecule has 1 fully saturated rings. The van der Waals surface area contributed by atoms with Gasteiger partial charge in [0.25, 0.3) is 0 Å². The van der Waals surface area contributed by atoms with E-state index in [1.54, 1.807) is 0 Å². The van der Waals surface area contributed by atoms with Gasteiger partial charge in [0.2, 0.25) is 15.9 Å². The lowest BCUT2D eigenvalue weighted by molar-refractivity contribution is -0.123. The Morgan fingerprint density at radius 2 is 1.90 bits per heavy atom. The SMILES string of the molecule is NC(=O)C1CCCCC1NS(=O)(=O)c1ccccc1F. The van der Waals surface area contributed by atoms with Gasteiger partial charge in [-0.2, -0.15) is 0 Å². The van der Waals surface area contributed by atoms with Crippen molar-refractivity contribution >= 4 is 15.9 Å². The van der Waals surface area contributed by atoms with E-state index in [4.69, 9.17) is 5.73 Å². The van der Waals surface area contributed by atoms with Gasteiger partial charge in [-0.15, -0.1) is 0 Å². The highest BCUT2D eigenvalue weighted by atomic mass is 32.2. The molecule has 1 aromatic rings. The third-order valence-electron chi connectivity index (χ3n) is 3.56. The number of hydrogen-bond acceptors (Lipinski definition) is 3. The standard InChI is InChI=1S/C13H17FN2O3S/c14-10-6-2-4-8-12(10)20(18,19)16-11-7-3-1-5-9(11)13(15)17/h2,4,6,8-9,11,16H,1,3,5,7H2,(H2,15,17). The summed E-state index contributed by atoms with van der Waals surface area (Å²) >= 11 is 0. The van der Waals surface area contributed by atoms with Gasteiger partial charge in [-0.05, 0) is 25.0 Å². The molecule has 2 atom stereocenters. The zero-order chi connectivity index (χ0) is 14.8. The average Bonchev–Trinajstić information content (AvgIpc) is 2.39. The highest BCUT2D eigenvalue weighted by Crippen LogP contribution is 2.26. The maximum absolute atomic E-state index is 13.6. The van der Waals surface area contributed by atoms with Gasteiger partial charge >= 0.3 is 0 Å². The second kappa shape index (κ2) is 5.88. The number of amides is 1.